The van der Waals surface area contributed by atoms with Crippen LogP contribution in [0.2, 0.25) is 5.02 Å². The number of hydrogen-bond acceptors (Lipinski definition) is 1. The van der Waals surface area contributed by atoms with E-state index in [4.69, 9.17) is 11.6 Å². The van der Waals surface area contributed by atoms with Crippen LogP contribution >= 0.6 is 11.6 Å². The maximum absolute atomic E-state index is 14.1. The van der Waals surface area contributed by atoms with Gasteiger partial charge in [-0.05, 0) is 42.8 Å². The van der Waals surface area contributed by atoms with Crippen molar-refractivity contribution in [3.05, 3.63) is 58.6 Å². The van der Waals surface area contributed by atoms with E-state index in [2.05, 4.69) is 12.2 Å². The van der Waals surface area contributed by atoms with Gasteiger partial charge in [0.05, 0.1) is 0 Å². The zero-order valence-electron chi connectivity index (χ0n) is 11.2. The van der Waals surface area contributed by atoms with Crippen molar-refractivity contribution in [1.29, 1.82) is 0 Å². The van der Waals surface area contributed by atoms with Gasteiger partial charge in [-0.3, -0.25) is 0 Å². The highest BCUT2D eigenvalue weighted by Crippen LogP contribution is 2.28. The van der Waals surface area contributed by atoms with Gasteiger partial charge in [-0.1, -0.05) is 30.7 Å². The van der Waals surface area contributed by atoms with Crippen molar-refractivity contribution in [2.45, 2.75) is 19.9 Å². The van der Waals surface area contributed by atoms with Crippen LogP contribution in [-0.2, 0) is 6.54 Å². The van der Waals surface area contributed by atoms with E-state index in [1.165, 1.54) is 18.2 Å². The molecule has 0 aliphatic carbocycles. The van der Waals surface area contributed by atoms with E-state index in [9.17, 15) is 8.78 Å². The van der Waals surface area contributed by atoms with Crippen LogP contribution in [0.5, 0.6) is 0 Å². The molecule has 0 aliphatic heterocycles. The number of nitrogens with one attached hydrogen (secondary N) is 1. The van der Waals surface area contributed by atoms with Gasteiger partial charge in [0.2, 0.25) is 0 Å². The number of rotatable bonds is 5. The largest absolute Gasteiger partial charge is 0.313 e. The summed E-state index contributed by atoms with van der Waals surface area (Å²) >= 11 is 5.70. The molecule has 2 aromatic rings. The van der Waals surface area contributed by atoms with E-state index in [0.29, 0.717) is 11.6 Å². The van der Waals surface area contributed by atoms with Crippen LogP contribution in [0.15, 0.2) is 36.4 Å². The average Bonchev–Trinajstić information content (AvgIpc) is 2.40. The highest BCUT2D eigenvalue weighted by atomic mass is 35.5. The normalized spacial score (nSPS) is 10.8. The summed E-state index contributed by atoms with van der Waals surface area (Å²) in [6.45, 7) is 3.56. The Morgan fingerprint density at radius 1 is 1.00 bits per heavy atom. The minimum Gasteiger partial charge on any atom is -0.313 e. The summed E-state index contributed by atoms with van der Waals surface area (Å²) in [6.07, 6.45) is 1.02. The Kier molecular flexibility index (Phi) is 5.10. The Labute approximate surface area is 122 Å². The monoisotopic (exact) mass is 295 g/mol. The Hall–Kier alpha value is -1.45. The first kappa shape index (κ1) is 14.9. The minimum atomic E-state index is -0.520. The van der Waals surface area contributed by atoms with Crippen LogP contribution in [0.1, 0.15) is 18.9 Å². The zero-order chi connectivity index (χ0) is 14.5. The van der Waals surface area contributed by atoms with E-state index in [-0.39, 0.29) is 11.1 Å². The molecule has 0 radical (unpaired) electrons. The first-order chi connectivity index (χ1) is 9.61. The van der Waals surface area contributed by atoms with Gasteiger partial charge < -0.3 is 5.32 Å². The number of benzene rings is 2. The van der Waals surface area contributed by atoms with Crippen molar-refractivity contribution in [1.82, 2.24) is 5.32 Å². The number of hydrogen-bond donors (Lipinski definition) is 1. The maximum atomic E-state index is 14.1. The maximum Gasteiger partial charge on any atom is 0.132 e. The summed E-state index contributed by atoms with van der Waals surface area (Å²) in [6, 6.07) is 9.07. The van der Waals surface area contributed by atoms with E-state index in [1.807, 2.05) is 0 Å². The van der Waals surface area contributed by atoms with Gasteiger partial charge in [-0.2, -0.15) is 0 Å². The van der Waals surface area contributed by atoms with Crippen molar-refractivity contribution < 1.29 is 8.78 Å². The second-order valence-electron chi connectivity index (χ2n) is 4.62. The molecule has 1 nitrogen and oxygen atoms in total. The summed E-state index contributed by atoms with van der Waals surface area (Å²) in [5, 5.41) is 3.50. The lowest BCUT2D eigenvalue weighted by Gasteiger charge is -2.08. The van der Waals surface area contributed by atoms with Gasteiger partial charge >= 0.3 is 0 Å². The molecule has 0 heterocycles. The van der Waals surface area contributed by atoms with Crippen LogP contribution in [0, 0.1) is 11.6 Å². The van der Waals surface area contributed by atoms with E-state index < -0.39 is 11.6 Å². The highest BCUT2D eigenvalue weighted by Gasteiger charge is 2.11. The Morgan fingerprint density at radius 3 is 2.25 bits per heavy atom. The summed E-state index contributed by atoms with van der Waals surface area (Å²) in [5.74, 6) is -0.949. The quantitative estimate of drug-likeness (QED) is 0.782. The lowest BCUT2D eigenvalue weighted by Crippen LogP contribution is -2.13. The molecular formula is C16H16ClF2N. The van der Waals surface area contributed by atoms with Crippen LogP contribution in [0.4, 0.5) is 8.78 Å². The summed E-state index contributed by atoms with van der Waals surface area (Å²) in [5.41, 5.74) is 1.31. The first-order valence-electron chi connectivity index (χ1n) is 6.56. The van der Waals surface area contributed by atoms with Crippen molar-refractivity contribution in [3.8, 4) is 11.1 Å². The first-order valence-corrected chi connectivity index (χ1v) is 6.94. The highest BCUT2D eigenvalue weighted by molar-refractivity contribution is 6.30. The Balaban J connectivity index is 2.25. The van der Waals surface area contributed by atoms with E-state index >= 15 is 0 Å². The Bertz CT molecular complexity index is 599. The average molecular weight is 296 g/mol. The lowest BCUT2D eigenvalue weighted by atomic mass is 10.0. The standard InChI is InChI=1S/C16H16ClF2N/c1-2-7-20-10-11-3-5-13(15(18)8-11)14-6-4-12(17)9-16(14)19/h3-6,8-9,20H,2,7,10H2,1H3. The molecule has 0 saturated carbocycles. The van der Waals surface area contributed by atoms with Crippen LogP contribution in [0.25, 0.3) is 11.1 Å². The molecule has 2 aromatic carbocycles. The second kappa shape index (κ2) is 6.82. The molecular weight excluding hydrogens is 280 g/mol. The smallest absolute Gasteiger partial charge is 0.132 e. The Morgan fingerprint density at radius 2 is 1.65 bits per heavy atom. The van der Waals surface area contributed by atoms with Gasteiger partial charge in [-0.15, -0.1) is 0 Å². The van der Waals surface area contributed by atoms with Gasteiger partial charge in [0.25, 0.3) is 0 Å². The molecule has 0 fully saturated rings. The molecule has 0 aromatic heterocycles. The predicted octanol–water partition coefficient (Wildman–Crippen LogP) is 4.78. The van der Waals surface area contributed by atoms with Crippen LogP contribution in [0.3, 0.4) is 0 Å². The van der Waals surface area contributed by atoms with Gasteiger partial charge in [0, 0.05) is 22.7 Å². The fraction of sp³-hybridized carbons (Fsp3) is 0.250. The SMILES string of the molecule is CCCNCc1ccc(-c2ccc(Cl)cc2F)c(F)c1. The van der Waals surface area contributed by atoms with Gasteiger partial charge in [0.15, 0.2) is 0 Å². The third-order valence-corrected chi connectivity index (χ3v) is 3.25. The van der Waals surface area contributed by atoms with Gasteiger partial charge in [-0.25, -0.2) is 8.78 Å². The molecule has 0 spiro atoms. The molecule has 106 valence electrons. The molecule has 0 saturated heterocycles. The molecule has 0 aliphatic rings. The van der Waals surface area contributed by atoms with E-state index in [1.54, 1.807) is 18.2 Å². The second-order valence-corrected chi connectivity index (χ2v) is 5.05. The number of halogens is 3. The van der Waals surface area contributed by atoms with Crippen molar-refractivity contribution >= 4 is 11.6 Å². The fourth-order valence-electron chi connectivity index (χ4n) is 2.00. The molecule has 1 N–H and O–H groups in total. The van der Waals surface area contributed by atoms with Crippen molar-refractivity contribution in [3.63, 3.8) is 0 Å². The van der Waals surface area contributed by atoms with Crippen LogP contribution < -0.4 is 5.32 Å². The molecule has 20 heavy (non-hydrogen) atoms. The predicted molar refractivity (Wildman–Crippen MR) is 78.8 cm³/mol. The van der Waals surface area contributed by atoms with Crippen molar-refractivity contribution in [2.75, 3.05) is 6.54 Å². The van der Waals surface area contributed by atoms with Gasteiger partial charge in [0.1, 0.15) is 11.6 Å². The zero-order valence-corrected chi connectivity index (χ0v) is 12.0. The third-order valence-electron chi connectivity index (χ3n) is 3.01. The molecule has 2 rings (SSSR count). The van der Waals surface area contributed by atoms with Crippen molar-refractivity contribution in [2.24, 2.45) is 0 Å². The lowest BCUT2D eigenvalue weighted by molar-refractivity contribution is 0.612. The molecule has 0 atom stereocenters. The summed E-state index contributed by atoms with van der Waals surface area (Å²) in [4.78, 5) is 0. The topological polar surface area (TPSA) is 12.0 Å². The minimum absolute atomic E-state index is 0.222. The fourth-order valence-corrected chi connectivity index (χ4v) is 2.16. The molecule has 4 heteroatoms. The third kappa shape index (κ3) is 3.56. The van der Waals surface area contributed by atoms with E-state index in [0.717, 1.165) is 18.5 Å². The summed E-state index contributed by atoms with van der Waals surface area (Å²) in [7, 11) is 0. The molecule has 0 unspecified atom stereocenters. The molecule has 0 bridgehead atoms. The summed E-state index contributed by atoms with van der Waals surface area (Å²) < 4.78 is 27.9. The van der Waals surface area contributed by atoms with Crippen LogP contribution in [-0.4, -0.2) is 6.54 Å². The molecule has 0 amide bonds.